The molecule has 0 amide bonds. The summed E-state index contributed by atoms with van der Waals surface area (Å²) < 4.78 is 25.8. The summed E-state index contributed by atoms with van der Waals surface area (Å²) in [6.45, 7) is 3.92. The Labute approximate surface area is 188 Å². The number of nitrogens with two attached hydrogens (primary N) is 1. The van der Waals surface area contributed by atoms with Gasteiger partial charge in [0.05, 0.1) is 4.90 Å². The highest BCUT2D eigenvalue weighted by atomic mass is 32.2. The molecule has 2 aromatic rings. The minimum atomic E-state index is -3.96. The van der Waals surface area contributed by atoms with Crippen LogP contribution in [0.4, 0.5) is 0 Å². The molecule has 10 heteroatoms. The molecule has 172 valence electrons. The van der Waals surface area contributed by atoms with Crippen molar-refractivity contribution in [3.05, 3.63) is 53.1 Å². The van der Waals surface area contributed by atoms with Crippen LogP contribution >= 0.6 is 0 Å². The number of hydrazine groups is 3. The van der Waals surface area contributed by atoms with Crippen molar-refractivity contribution >= 4 is 10.0 Å². The average Bonchev–Trinajstić information content (AvgIpc) is 3.27. The van der Waals surface area contributed by atoms with E-state index in [-0.39, 0.29) is 4.90 Å². The molecule has 9 nitrogen and oxygen atoms in total. The highest BCUT2D eigenvalue weighted by Crippen LogP contribution is 2.37. The predicted octanol–water partition coefficient (Wildman–Crippen LogP) is 0.346. The van der Waals surface area contributed by atoms with Crippen molar-refractivity contribution in [1.29, 1.82) is 0 Å². The SMILES string of the molecule is NS(=O)(=O)c1c(CC2CCNCC2)ccc(-c2ccc(C3CNC3)cc2)c1C1NNNN1. The maximum atomic E-state index is 12.9. The van der Waals surface area contributed by atoms with Gasteiger partial charge in [0.2, 0.25) is 10.0 Å². The summed E-state index contributed by atoms with van der Waals surface area (Å²) in [6.07, 6.45) is 2.30. The fourth-order valence-electron chi connectivity index (χ4n) is 4.93. The number of rotatable bonds is 6. The summed E-state index contributed by atoms with van der Waals surface area (Å²) >= 11 is 0. The van der Waals surface area contributed by atoms with Gasteiger partial charge in [0, 0.05) is 24.6 Å². The van der Waals surface area contributed by atoms with Gasteiger partial charge >= 0.3 is 0 Å². The van der Waals surface area contributed by atoms with Gasteiger partial charge in [-0.2, -0.15) is 11.1 Å². The molecule has 5 rings (SSSR count). The third-order valence-corrected chi connectivity index (χ3v) is 7.84. The van der Waals surface area contributed by atoms with Crippen LogP contribution in [0, 0.1) is 5.92 Å². The van der Waals surface area contributed by atoms with Gasteiger partial charge in [0.1, 0.15) is 6.17 Å². The molecular formula is C22H31N7O2S. The first kappa shape index (κ1) is 21.9. The van der Waals surface area contributed by atoms with Gasteiger partial charge in [-0.05, 0) is 60.5 Å². The van der Waals surface area contributed by atoms with E-state index in [1.807, 2.05) is 12.1 Å². The normalized spacial score (nSPS) is 21.0. The van der Waals surface area contributed by atoms with E-state index in [9.17, 15) is 8.42 Å². The van der Waals surface area contributed by atoms with Crippen molar-refractivity contribution in [1.82, 2.24) is 32.6 Å². The molecule has 0 bridgehead atoms. The highest BCUT2D eigenvalue weighted by Gasteiger charge is 2.31. The van der Waals surface area contributed by atoms with E-state index >= 15 is 0 Å². The number of hydrogen-bond donors (Lipinski definition) is 7. The lowest BCUT2D eigenvalue weighted by Crippen LogP contribution is -2.39. The summed E-state index contributed by atoms with van der Waals surface area (Å²) in [5.74, 6) is 0.981. The van der Waals surface area contributed by atoms with Crippen molar-refractivity contribution in [2.75, 3.05) is 26.2 Å². The molecule has 3 aliphatic rings. The summed E-state index contributed by atoms with van der Waals surface area (Å²) in [5.41, 5.74) is 16.3. The Kier molecular flexibility index (Phi) is 6.28. The Bertz CT molecular complexity index is 1060. The van der Waals surface area contributed by atoms with Gasteiger partial charge in [-0.3, -0.25) is 0 Å². The molecule has 0 radical (unpaired) electrons. The van der Waals surface area contributed by atoms with Crippen LogP contribution in [0.3, 0.4) is 0 Å². The molecule has 3 saturated heterocycles. The lowest BCUT2D eigenvalue weighted by atomic mass is 9.87. The first-order valence-corrected chi connectivity index (χ1v) is 12.8. The second kappa shape index (κ2) is 9.16. The van der Waals surface area contributed by atoms with Crippen LogP contribution in [0.5, 0.6) is 0 Å². The Hall–Kier alpha value is -1.89. The first-order chi connectivity index (χ1) is 15.5. The van der Waals surface area contributed by atoms with Crippen LogP contribution in [0.2, 0.25) is 0 Å². The van der Waals surface area contributed by atoms with Gasteiger partial charge < -0.3 is 10.6 Å². The molecule has 0 spiro atoms. The monoisotopic (exact) mass is 457 g/mol. The zero-order chi connectivity index (χ0) is 22.1. The molecule has 3 aliphatic heterocycles. The Morgan fingerprint density at radius 1 is 0.906 bits per heavy atom. The molecule has 8 N–H and O–H groups in total. The number of hydrogen-bond acceptors (Lipinski definition) is 8. The largest absolute Gasteiger partial charge is 0.317 e. The summed E-state index contributed by atoms with van der Waals surface area (Å²) in [7, 11) is -3.96. The maximum absolute atomic E-state index is 12.9. The number of primary sulfonamides is 1. The van der Waals surface area contributed by atoms with Gasteiger partial charge in [-0.25, -0.2) is 24.4 Å². The van der Waals surface area contributed by atoms with Crippen LogP contribution in [0.25, 0.3) is 11.1 Å². The molecule has 0 saturated carbocycles. The lowest BCUT2D eigenvalue weighted by molar-refractivity contribution is 0.370. The molecule has 0 atom stereocenters. The average molecular weight is 458 g/mol. The predicted molar refractivity (Wildman–Crippen MR) is 123 cm³/mol. The van der Waals surface area contributed by atoms with Gasteiger partial charge in [-0.1, -0.05) is 36.4 Å². The van der Waals surface area contributed by atoms with Crippen LogP contribution in [-0.4, -0.2) is 34.6 Å². The Morgan fingerprint density at radius 3 is 2.19 bits per heavy atom. The van der Waals surface area contributed by atoms with Crippen LogP contribution in [0.1, 0.15) is 41.6 Å². The van der Waals surface area contributed by atoms with Crippen LogP contribution in [-0.2, 0) is 16.4 Å². The van der Waals surface area contributed by atoms with Crippen molar-refractivity contribution in [3.63, 3.8) is 0 Å². The Morgan fingerprint density at radius 2 is 1.59 bits per heavy atom. The van der Waals surface area contributed by atoms with Crippen molar-refractivity contribution in [2.24, 2.45) is 11.1 Å². The van der Waals surface area contributed by atoms with E-state index < -0.39 is 16.2 Å². The third-order valence-electron chi connectivity index (χ3n) is 6.79. The zero-order valence-electron chi connectivity index (χ0n) is 17.9. The molecule has 0 aliphatic carbocycles. The number of nitrogens with one attached hydrogen (secondary N) is 6. The standard InChI is InChI=1S/C22H31N7O2S/c23-32(30,31)21-17(11-14-7-9-24-10-8-14)5-6-19(20(21)22-26-28-29-27-22)16-3-1-15(2-4-16)18-12-25-13-18/h1-6,14,18,22,24-29H,7-13H2,(H2,23,30,31). The smallest absolute Gasteiger partial charge is 0.238 e. The minimum Gasteiger partial charge on any atom is -0.317 e. The van der Waals surface area contributed by atoms with Crippen molar-refractivity contribution in [2.45, 2.75) is 36.2 Å². The molecular weight excluding hydrogens is 426 g/mol. The van der Waals surface area contributed by atoms with E-state index in [0.717, 1.165) is 55.7 Å². The van der Waals surface area contributed by atoms with Crippen LogP contribution < -0.4 is 37.7 Å². The molecule has 32 heavy (non-hydrogen) atoms. The quantitative estimate of drug-likeness (QED) is 0.331. The second-order valence-corrected chi connectivity index (χ2v) is 10.4. The number of sulfonamides is 1. The maximum Gasteiger partial charge on any atom is 0.238 e. The second-order valence-electron chi connectivity index (χ2n) is 8.91. The molecule has 2 aromatic carbocycles. The van der Waals surface area contributed by atoms with Gasteiger partial charge in [-0.15, -0.1) is 0 Å². The van der Waals surface area contributed by atoms with Crippen molar-refractivity contribution < 1.29 is 8.42 Å². The topological polar surface area (TPSA) is 132 Å². The van der Waals surface area contributed by atoms with Crippen molar-refractivity contribution in [3.8, 4) is 11.1 Å². The first-order valence-electron chi connectivity index (χ1n) is 11.2. The van der Waals surface area contributed by atoms with E-state index in [0.29, 0.717) is 23.8 Å². The minimum absolute atomic E-state index is 0.219. The van der Waals surface area contributed by atoms with E-state index in [1.54, 1.807) is 0 Å². The summed E-state index contributed by atoms with van der Waals surface area (Å²) in [6, 6.07) is 12.4. The van der Waals surface area contributed by atoms with E-state index in [2.05, 4.69) is 56.8 Å². The third kappa shape index (κ3) is 4.45. The fraction of sp³-hybridized carbons (Fsp3) is 0.455. The highest BCUT2D eigenvalue weighted by molar-refractivity contribution is 7.89. The lowest BCUT2D eigenvalue weighted by Gasteiger charge is -2.28. The van der Waals surface area contributed by atoms with Crippen LogP contribution in [0.15, 0.2) is 41.3 Å². The van der Waals surface area contributed by atoms with Gasteiger partial charge in [0.25, 0.3) is 0 Å². The molecule has 3 heterocycles. The molecule has 0 unspecified atom stereocenters. The summed E-state index contributed by atoms with van der Waals surface area (Å²) in [4.78, 5) is 0.219. The zero-order valence-corrected chi connectivity index (χ0v) is 18.8. The number of benzene rings is 2. The number of piperidine rings is 1. The van der Waals surface area contributed by atoms with E-state index in [1.165, 1.54) is 5.56 Å². The Balaban J connectivity index is 1.59. The molecule has 3 fully saturated rings. The van der Waals surface area contributed by atoms with E-state index in [4.69, 9.17) is 5.14 Å². The summed E-state index contributed by atoms with van der Waals surface area (Å²) in [5, 5.41) is 12.5. The van der Waals surface area contributed by atoms with Gasteiger partial charge in [0.15, 0.2) is 0 Å². The fourth-order valence-corrected chi connectivity index (χ4v) is 5.98. The molecule has 0 aromatic heterocycles.